The lowest BCUT2D eigenvalue weighted by molar-refractivity contribution is -0.119. The van der Waals surface area contributed by atoms with E-state index in [1.54, 1.807) is 0 Å². The smallest absolute Gasteiger partial charge is 0.132 e. The maximum atomic E-state index is 11.5. The predicted molar refractivity (Wildman–Crippen MR) is 142 cm³/mol. The van der Waals surface area contributed by atoms with Gasteiger partial charge in [0.15, 0.2) is 0 Å². The van der Waals surface area contributed by atoms with Crippen LogP contribution < -0.4 is 0 Å². The quantitative estimate of drug-likeness (QED) is 0.126. The summed E-state index contributed by atoms with van der Waals surface area (Å²) in [5.41, 5.74) is 0. The van der Waals surface area contributed by atoms with Gasteiger partial charge in [-0.15, -0.1) is 0 Å². The minimum absolute atomic E-state index is 0.267. The molecule has 0 saturated carbocycles. The zero-order chi connectivity index (χ0) is 23.5. The van der Waals surface area contributed by atoms with Crippen molar-refractivity contribution in [2.24, 2.45) is 0 Å². The van der Waals surface area contributed by atoms with Crippen molar-refractivity contribution >= 4 is 5.78 Å². The van der Waals surface area contributed by atoms with Gasteiger partial charge in [0.05, 0.1) is 6.10 Å². The fourth-order valence-electron chi connectivity index (χ4n) is 4.69. The molecular formula is C30H60O2. The Bertz CT molecular complexity index is 366. The molecule has 0 rings (SSSR count). The highest BCUT2D eigenvalue weighted by molar-refractivity contribution is 5.78. The molecule has 0 aliphatic rings. The zero-order valence-electron chi connectivity index (χ0n) is 22.3. The third-order valence-corrected chi connectivity index (χ3v) is 6.93. The second-order valence-electron chi connectivity index (χ2n) is 10.3. The molecule has 0 fully saturated rings. The van der Waals surface area contributed by atoms with E-state index in [0.717, 1.165) is 19.3 Å². The standard InChI is InChI=1S/C30H60O2/c1-3-5-6-7-8-9-10-11-12-13-14-15-16-17-18-19-20-21-22-23-24-26-30(32)28-27-29(31)25-4-2/h30,32H,3-28H2,1-2H3. The molecule has 0 aliphatic heterocycles. The minimum atomic E-state index is -0.267. The summed E-state index contributed by atoms with van der Waals surface area (Å²) in [4.78, 5) is 11.5. The molecule has 192 valence electrons. The van der Waals surface area contributed by atoms with Gasteiger partial charge in [0.1, 0.15) is 5.78 Å². The van der Waals surface area contributed by atoms with E-state index in [-0.39, 0.29) is 6.10 Å². The molecule has 0 aromatic heterocycles. The van der Waals surface area contributed by atoms with Crippen LogP contribution in [0.4, 0.5) is 0 Å². The second-order valence-corrected chi connectivity index (χ2v) is 10.3. The van der Waals surface area contributed by atoms with Gasteiger partial charge in [0.25, 0.3) is 0 Å². The Kier molecular flexibility index (Phi) is 26.6. The largest absolute Gasteiger partial charge is 0.393 e. The first-order valence-electron chi connectivity index (χ1n) is 14.9. The van der Waals surface area contributed by atoms with Crippen molar-refractivity contribution in [3.8, 4) is 0 Å². The Balaban J connectivity index is 3.12. The monoisotopic (exact) mass is 452 g/mol. The molecule has 0 aromatic rings. The average molecular weight is 453 g/mol. The first-order valence-corrected chi connectivity index (χ1v) is 14.9. The lowest BCUT2D eigenvalue weighted by atomic mass is 10.0. The third kappa shape index (κ3) is 25.9. The van der Waals surface area contributed by atoms with Gasteiger partial charge >= 0.3 is 0 Å². The van der Waals surface area contributed by atoms with Crippen molar-refractivity contribution in [1.82, 2.24) is 0 Å². The molecule has 2 nitrogen and oxygen atoms in total. The molecule has 0 spiro atoms. The number of carbonyl (C=O) groups is 1. The fraction of sp³-hybridized carbons (Fsp3) is 0.967. The number of hydrogen-bond donors (Lipinski definition) is 1. The molecule has 0 saturated heterocycles. The van der Waals surface area contributed by atoms with Gasteiger partial charge in [-0.2, -0.15) is 0 Å². The maximum Gasteiger partial charge on any atom is 0.132 e. The van der Waals surface area contributed by atoms with Crippen LogP contribution in [0.2, 0.25) is 0 Å². The molecule has 0 radical (unpaired) electrons. The van der Waals surface area contributed by atoms with E-state index in [0.29, 0.717) is 25.0 Å². The average Bonchev–Trinajstić information content (AvgIpc) is 2.79. The van der Waals surface area contributed by atoms with Crippen LogP contribution in [0.5, 0.6) is 0 Å². The van der Waals surface area contributed by atoms with Crippen LogP contribution >= 0.6 is 0 Å². The SMILES string of the molecule is CCCCCCCCCCCCCCCCCCCCCCCC(O)CCC(=O)CCC. The zero-order valence-corrected chi connectivity index (χ0v) is 22.3. The van der Waals surface area contributed by atoms with Crippen molar-refractivity contribution in [3.63, 3.8) is 0 Å². The Morgan fingerprint density at radius 2 is 0.812 bits per heavy atom. The van der Waals surface area contributed by atoms with E-state index in [4.69, 9.17) is 0 Å². The van der Waals surface area contributed by atoms with Crippen LogP contribution in [0.25, 0.3) is 0 Å². The first kappa shape index (κ1) is 31.6. The Labute approximate surface area is 202 Å². The summed E-state index contributed by atoms with van der Waals surface area (Å²) < 4.78 is 0. The lowest BCUT2D eigenvalue weighted by Crippen LogP contribution is -2.09. The normalized spacial score (nSPS) is 12.3. The number of ketones is 1. The van der Waals surface area contributed by atoms with E-state index in [1.165, 1.54) is 128 Å². The summed E-state index contributed by atoms with van der Waals surface area (Å²) in [5.74, 6) is 0.311. The predicted octanol–water partition coefficient (Wildman–Crippen LogP) is 10.1. The van der Waals surface area contributed by atoms with Crippen LogP contribution in [0.15, 0.2) is 0 Å². The van der Waals surface area contributed by atoms with Crippen LogP contribution in [-0.2, 0) is 4.79 Å². The molecule has 0 heterocycles. The summed E-state index contributed by atoms with van der Waals surface area (Å²) in [6.07, 6.45) is 32.9. The van der Waals surface area contributed by atoms with Gasteiger partial charge in [-0.1, -0.05) is 149 Å². The molecule has 0 bridgehead atoms. The molecule has 32 heavy (non-hydrogen) atoms. The molecular weight excluding hydrogens is 392 g/mol. The van der Waals surface area contributed by atoms with E-state index in [1.807, 2.05) is 6.92 Å². The van der Waals surface area contributed by atoms with Crippen molar-refractivity contribution in [1.29, 1.82) is 0 Å². The van der Waals surface area contributed by atoms with Crippen molar-refractivity contribution in [2.75, 3.05) is 0 Å². The number of carbonyl (C=O) groups excluding carboxylic acids is 1. The molecule has 1 unspecified atom stereocenters. The summed E-state index contributed by atoms with van der Waals surface area (Å²) in [7, 11) is 0. The highest BCUT2D eigenvalue weighted by atomic mass is 16.3. The molecule has 1 N–H and O–H groups in total. The molecule has 0 aromatic carbocycles. The van der Waals surface area contributed by atoms with Crippen LogP contribution in [0.3, 0.4) is 0 Å². The molecule has 0 amide bonds. The number of rotatable bonds is 27. The highest BCUT2D eigenvalue weighted by Crippen LogP contribution is 2.16. The van der Waals surface area contributed by atoms with Crippen LogP contribution in [0, 0.1) is 0 Å². The van der Waals surface area contributed by atoms with Gasteiger partial charge in [0, 0.05) is 12.8 Å². The number of Topliss-reactive ketones (excluding diaryl/α,β-unsaturated/α-hetero) is 1. The maximum absolute atomic E-state index is 11.5. The third-order valence-electron chi connectivity index (χ3n) is 6.93. The lowest BCUT2D eigenvalue weighted by Gasteiger charge is -2.09. The summed E-state index contributed by atoms with van der Waals surface area (Å²) in [6.45, 7) is 4.33. The van der Waals surface area contributed by atoms with Gasteiger partial charge in [-0.3, -0.25) is 4.79 Å². The first-order chi connectivity index (χ1) is 15.7. The summed E-state index contributed by atoms with van der Waals surface area (Å²) in [6, 6.07) is 0. The highest BCUT2D eigenvalue weighted by Gasteiger charge is 2.07. The summed E-state index contributed by atoms with van der Waals surface area (Å²) in [5, 5.41) is 9.97. The second kappa shape index (κ2) is 26.9. The molecule has 1 atom stereocenters. The number of unbranched alkanes of at least 4 members (excludes halogenated alkanes) is 20. The van der Waals surface area contributed by atoms with Crippen LogP contribution in [0.1, 0.15) is 181 Å². The van der Waals surface area contributed by atoms with E-state index in [2.05, 4.69) is 6.92 Å². The van der Waals surface area contributed by atoms with E-state index >= 15 is 0 Å². The van der Waals surface area contributed by atoms with Crippen LogP contribution in [-0.4, -0.2) is 17.0 Å². The van der Waals surface area contributed by atoms with Gasteiger partial charge in [0.2, 0.25) is 0 Å². The Morgan fingerprint density at radius 1 is 0.469 bits per heavy atom. The van der Waals surface area contributed by atoms with E-state index in [9.17, 15) is 9.90 Å². The van der Waals surface area contributed by atoms with Crippen molar-refractivity contribution < 1.29 is 9.90 Å². The van der Waals surface area contributed by atoms with Gasteiger partial charge in [-0.25, -0.2) is 0 Å². The number of aliphatic hydroxyl groups is 1. The molecule has 2 heteroatoms. The van der Waals surface area contributed by atoms with Gasteiger partial charge < -0.3 is 5.11 Å². The van der Waals surface area contributed by atoms with Gasteiger partial charge in [-0.05, 0) is 19.3 Å². The summed E-state index contributed by atoms with van der Waals surface area (Å²) >= 11 is 0. The Hall–Kier alpha value is -0.370. The van der Waals surface area contributed by atoms with Crippen molar-refractivity contribution in [3.05, 3.63) is 0 Å². The fourth-order valence-corrected chi connectivity index (χ4v) is 4.69. The molecule has 0 aliphatic carbocycles. The topological polar surface area (TPSA) is 37.3 Å². The minimum Gasteiger partial charge on any atom is -0.393 e. The number of aliphatic hydroxyl groups excluding tert-OH is 1. The van der Waals surface area contributed by atoms with E-state index < -0.39 is 0 Å². The van der Waals surface area contributed by atoms with Crippen molar-refractivity contribution in [2.45, 2.75) is 187 Å². The number of hydrogen-bond acceptors (Lipinski definition) is 2. The Morgan fingerprint density at radius 3 is 1.16 bits per heavy atom.